The molecule has 4 heteroatoms. The van der Waals surface area contributed by atoms with Gasteiger partial charge in [0.25, 0.3) is 0 Å². The van der Waals surface area contributed by atoms with E-state index in [2.05, 4.69) is 17.2 Å². The predicted molar refractivity (Wildman–Crippen MR) is 66.9 cm³/mol. The Labute approximate surface area is 102 Å². The standard InChI is InChI=1S/C13H20N2O2/c1-3-10-6-9(16)7-13(17-10)11-4-5-15-8-12(11)14-2/h4-5,8-10,13-14,16H,3,6-7H2,1-2H3/t9?,10-,13?/m1/s1. The number of nitrogens with one attached hydrogen (secondary N) is 1. The molecule has 1 aromatic rings. The number of aliphatic hydroxyl groups is 1. The van der Waals surface area contributed by atoms with E-state index in [-0.39, 0.29) is 18.3 Å². The fourth-order valence-electron chi connectivity index (χ4n) is 2.35. The van der Waals surface area contributed by atoms with Crippen LogP contribution in [0.25, 0.3) is 0 Å². The Balaban J connectivity index is 2.20. The average molecular weight is 236 g/mol. The Hall–Kier alpha value is -1.13. The second kappa shape index (κ2) is 5.47. The van der Waals surface area contributed by atoms with Gasteiger partial charge in [-0.1, -0.05) is 6.92 Å². The molecule has 0 aromatic carbocycles. The molecule has 2 unspecified atom stereocenters. The lowest BCUT2D eigenvalue weighted by molar-refractivity contribution is -0.0980. The molecule has 17 heavy (non-hydrogen) atoms. The molecule has 0 aliphatic carbocycles. The van der Waals surface area contributed by atoms with Gasteiger partial charge >= 0.3 is 0 Å². The summed E-state index contributed by atoms with van der Waals surface area (Å²) in [5, 5.41) is 13.0. The first-order valence-corrected chi connectivity index (χ1v) is 6.19. The van der Waals surface area contributed by atoms with Gasteiger partial charge in [-0.2, -0.15) is 0 Å². The Morgan fingerprint density at radius 3 is 3.06 bits per heavy atom. The van der Waals surface area contributed by atoms with E-state index in [4.69, 9.17) is 4.74 Å². The van der Waals surface area contributed by atoms with Crippen molar-refractivity contribution in [1.82, 2.24) is 4.98 Å². The number of aromatic nitrogens is 1. The Bertz CT molecular complexity index is 370. The van der Waals surface area contributed by atoms with Crippen LogP contribution < -0.4 is 5.32 Å². The zero-order valence-electron chi connectivity index (χ0n) is 10.4. The molecule has 1 aromatic heterocycles. The highest BCUT2D eigenvalue weighted by Crippen LogP contribution is 2.35. The summed E-state index contributed by atoms with van der Waals surface area (Å²) in [5.41, 5.74) is 2.06. The van der Waals surface area contributed by atoms with E-state index >= 15 is 0 Å². The second-order valence-corrected chi connectivity index (χ2v) is 4.49. The molecule has 0 bridgehead atoms. The normalized spacial score (nSPS) is 29.0. The number of nitrogens with zero attached hydrogens (tertiary/aromatic N) is 1. The van der Waals surface area contributed by atoms with Gasteiger partial charge in [0.15, 0.2) is 0 Å². The summed E-state index contributed by atoms with van der Waals surface area (Å²) < 4.78 is 6.01. The van der Waals surface area contributed by atoms with Crippen LogP contribution in [0.2, 0.25) is 0 Å². The van der Waals surface area contributed by atoms with Crippen molar-refractivity contribution in [3.8, 4) is 0 Å². The molecule has 2 rings (SSSR count). The summed E-state index contributed by atoms with van der Waals surface area (Å²) >= 11 is 0. The van der Waals surface area contributed by atoms with Crippen molar-refractivity contribution in [2.24, 2.45) is 0 Å². The number of aliphatic hydroxyl groups excluding tert-OH is 1. The Kier molecular flexibility index (Phi) is 3.97. The van der Waals surface area contributed by atoms with Crippen LogP contribution in [0.4, 0.5) is 5.69 Å². The number of hydrogen-bond donors (Lipinski definition) is 2. The van der Waals surface area contributed by atoms with E-state index in [0.717, 1.165) is 24.1 Å². The number of pyridine rings is 1. The highest BCUT2D eigenvalue weighted by atomic mass is 16.5. The molecule has 94 valence electrons. The Morgan fingerprint density at radius 1 is 1.53 bits per heavy atom. The van der Waals surface area contributed by atoms with Crippen molar-refractivity contribution in [1.29, 1.82) is 0 Å². The first kappa shape index (κ1) is 12.3. The van der Waals surface area contributed by atoms with Crippen LogP contribution in [-0.2, 0) is 4.74 Å². The lowest BCUT2D eigenvalue weighted by Gasteiger charge is -2.33. The maximum atomic E-state index is 9.89. The van der Waals surface area contributed by atoms with Gasteiger partial charge in [0.05, 0.1) is 30.2 Å². The number of rotatable bonds is 3. The second-order valence-electron chi connectivity index (χ2n) is 4.49. The van der Waals surface area contributed by atoms with Crippen LogP contribution in [0.5, 0.6) is 0 Å². The first-order valence-electron chi connectivity index (χ1n) is 6.19. The van der Waals surface area contributed by atoms with E-state index in [9.17, 15) is 5.11 Å². The molecule has 1 fully saturated rings. The molecule has 0 amide bonds. The van der Waals surface area contributed by atoms with Gasteiger partial charge in [0.1, 0.15) is 0 Å². The summed E-state index contributed by atoms with van der Waals surface area (Å²) in [5.74, 6) is 0. The third-order valence-electron chi connectivity index (χ3n) is 3.30. The zero-order chi connectivity index (χ0) is 12.3. The van der Waals surface area contributed by atoms with E-state index in [1.807, 2.05) is 13.1 Å². The van der Waals surface area contributed by atoms with Crippen LogP contribution in [0.15, 0.2) is 18.5 Å². The largest absolute Gasteiger partial charge is 0.393 e. The highest BCUT2D eigenvalue weighted by molar-refractivity contribution is 5.49. The van der Waals surface area contributed by atoms with Gasteiger partial charge < -0.3 is 15.2 Å². The molecular formula is C13H20N2O2. The van der Waals surface area contributed by atoms with Crippen LogP contribution >= 0.6 is 0 Å². The molecule has 2 heterocycles. The molecule has 1 saturated heterocycles. The molecule has 2 N–H and O–H groups in total. The van der Waals surface area contributed by atoms with Crippen molar-refractivity contribution in [2.75, 3.05) is 12.4 Å². The molecular weight excluding hydrogens is 216 g/mol. The Morgan fingerprint density at radius 2 is 2.35 bits per heavy atom. The molecule has 0 spiro atoms. The third-order valence-corrected chi connectivity index (χ3v) is 3.30. The first-order chi connectivity index (χ1) is 8.24. The number of ether oxygens (including phenoxy) is 1. The number of anilines is 1. The lowest BCUT2D eigenvalue weighted by atomic mass is 9.95. The van der Waals surface area contributed by atoms with Crippen molar-refractivity contribution in [3.05, 3.63) is 24.0 Å². The number of hydrogen-bond acceptors (Lipinski definition) is 4. The molecule has 3 atom stereocenters. The van der Waals surface area contributed by atoms with E-state index < -0.39 is 0 Å². The van der Waals surface area contributed by atoms with Gasteiger partial charge in [-0.05, 0) is 18.9 Å². The molecule has 0 saturated carbocycles. The van der Waals surface area contributed by atoms with Gasteiger partial charge in [-0.15, -0.1) is 0 Å². The highest BCUT2D eigenvalue weighted by Gasteiger charge is 2.29. The molecule has 4 nitrogen and oxygen atoms in total. The van der Waals surface area contributed by atoms with Crippen LogP contribution in [-0.4, -0.2) is 29.3 Å². The quantitative estimate of drug-likeness (QED) is 0.844. The van der Waals surface area contributed by atoms with E-state index in [1.54, 1.807) is 12.4 Å². The van der Waals surface area contributed by atoms with Crippen molar-refractivity contribution in [3.63, 3.8) is 0 Å². The summed E-state index contributed by atoms with van der Waals surface area (Å²) in [6, 6.07) is 1.96. The lowest BCUT2D eigenvalue weighted by Crippen LogP contribution is -2.31. The van der Waals surface area contributed by atoms with Gasteiger partial charge in [-0.3, -0.25) is 4.98 Å². The van der Waals surface area contributed by atoms with E-state index in [1.165, 1.54) is 0 Å². The van der Waals surface area contributed by atoms with Crippen molar-refractivity contribution < 1.29 is 9.84 Å². The SMILES string of the molecule is CC[C@@H]1CC(O)CC(c2ccncc2NC)O1. The summed E-state index contributed by atoms with van der Waals surface area (Å²) in [7, 11) is 1.87. The minimum absolute atomic E-state index is 0.0332. The summed E-state index contributed by atoms with van der Waals surface area (Å²) in [6.45, 7) is 2.09. The summed E-state index contributed by atoms with van der Waals surface area (Å²) in [4.78, 5) is 4.09. The van der Waals surface area contributed by atoms with Crippen LogP contribution in [0, 0.1) is 0 Å². The van der Waals surface area contributed by atoms with Crippen LogP contribution in [0.1, 0.15) is 37.9 Å². The fourth-order valence-corrected chi connectivity index (χ4v) is 2.35. The van der Waals surface area contributed by atoms with Crippen LogP contribution in [0.3, 0.4) is 0 Å². The monoisotopic (exact) mass is 236 g/mol. The minimum Gasteiger partial charge on any atom is -0.393 e. The maximum Gasteiger partial charge on any atom is 0.0874 e. The molecule has 0 radical (unpaired) electrons. The average Bonchev–Trinajstić information content (AvgIpc) is 2.37. The van der Waals surface area contributed by atoms with Crippen molar-refractivity contribution >= 4 is 5.69 Å². The smallest absolute Gasteiger partial charge is 0.0874 e. The maximum absolute atomic E-state index is 9.89. The van der Waals surface area contributed by atoms with E-state index in [0.29, 0.717) is 6.42 Å². The molecule has 1 aliphatic rings. The van der Waals surface area contributed by atoms with Gasteiger partial charge in [0.2, 0.25) is 0 Å². The predicted octanol–water partition coefficient (Wildman–Crippen LogP) is 2.11. The topological polar surface area (TPSA) is 54.4 Å². The van der Waals surface area contributed by atoms with Gasteiger partial charge in [-0.25, -0.2) is 0 Å². The molecule has 1 aliphatic heterocycles. The third kappa shape index (κ3) is 2.76. The van der Waals surface area contributed by atoms with Crippen molar-refractivity contribution in [2.45, 2.75) is 44.5 Å². The summed E-state index contributed by atoms with van der Waals surface area (Å²) in [6.07, 6.45) is 5.75. The minimum atomic E-state index is -0.267. The fraction of sp³-hybridized carbons (Fsp3) is 0.615. The van der Waals surface area contributed by atoms with Gasteiger partial charge in [0, 0.05) is 25.2 Å². The zero-order valence-corrected chi connectivity index (χ0v) is 10.4.